The summed E-state index contributed by atoms with van der Waals surface area (Å²) in [5.41, 5.74) is 0.756. The molecule has 0 aliphatic carbocycles. The second-order valence-electron chi connectivity index (χ2n) is 8.62. The second kappa shape index (κ2) is 11.1. The molecule has 1 aliphatic heterocycles. The zero-order chi connectivity index (χ0) is 25.9. The number of nitrogens with zero attached hydrogens (tertiary/aromatic N) is 2. The molecule has 12 heteroatoms. The van der Waals surface area contributed by atoms with Crippen LogP contribution in [0.4, 0.5) is 26.3 Å². The van der Waals surface area contributed by atoms with Crippen LogP contribution in [0.25, 0.3) is 10.9 Å². The van der Waals surface area contributed by atoms with Crippen LogP contribution in [0.3, 0.4) is 0 Å². The first-order valence-electron chi connectivity index (χ1n) is 11.5. The van der Waals surface area contributed by atoms with Crippen LogP contribution in [0.2, 0.25) is 0 Å². The second-order valence-corrected chi connectivity index (χ2v) is 8.62. The number of halogens is 6. The van der Waals surface area contributed by atoms with Crippen molar-refractivity contribution in [1.82, 2.24) is 20.2 Å². The van der Waals surface area contributed by atoms with Crippen molar-refractivity contribution in [2.45, 2.75) is 24.8 Å². The van der Waals surface area contributed by atoms with E-state index in [0.29, 0.717) is 29.4 Å². The minimum absolute atomic E-state index is 0.0212. The van der Waals surface area contributed by atoms with Gasteiger partial charge in [-0.15, -0.1) is 0 Å². The van der Waals surface area contributed by atoms with Gasteiger partial charge in [-0.25, -0.2) is 26.9 Å². The number of aromatic nitrogens is 2. The summed E-state index contributed by atoms with van der Waals surface area (Å²) < 4.78 is 90.6. The van der Waals surface area contributed by atoms with E-state index in [0.717, 1.165) is 6.20 Å². The average molecular weight is 516 g/mol. The van der Waals surface area contributed by atoms with Crippen molar-refractivity contribution in [3.8, 4) is 5.88 Å². The number of H-pyrrole nitrogens is 1. The van der Waals surface area contributed by atoms with Crippen LogP contribution in [0.15, 0.2) is 24.4 Å². The summed E-state index contributed by atoms with van der Waals surface area (Å²) in [4.78, 5) is 7.86. The number of ether oxygens (including phenoxy) is 1. The molecule has 3 N–H and O–H groups in total. The van der Waals surface area contributed by atoms with Gasteiger partial charge in [0.25, 0.3) is 11.8 Å². The van der Waals surface area contributed by atoms with Gasteiger partial charge in [-0.1, -0.05) is 0 Å². The van der Waals surface area contributed by atoms with E-state index in [1.54, 1.807) is 0 Å². The standard InChI is InChI=1S/C24H26F6N4O2/c25-5-1-6-31-7-9-36-23-20(28)19(17(27)11-32-23)22-21-15(4-8-34(22)12-24(29,30)13-35)16-10-14(26)2-3-18(16)33-21/h2-3,10-11,22,31,33,35H,1,4-9,12-13H2. The fraction of sp³-hybridized carbons (Fsp3) is 0.458. The van der Waals surface area contributed by atoms with Crippen molar-refractivity contribution in [3.63, 3.8) is 0 Å². The Labute approximate surface area is 203 Å². The minimum atomic E-state index is -3.53. The number of hydrogen-bond acceptors (Lipinski definition) is 5. The molecule has 36 heavy (non-hydrogen) atoms. The summed E-state index contributed by atoms with van der Waals surface area (Å²) in [6.45, 7) is -2.31. The molecule has 0 saturated carbocycles. The first-order chi connectivity index (χ1) is 17.3. The maximum Gasteiger partial charge on any atom is 0.283 e. The third kappa shape index (κ3) is 5.45. The molecule has 6 nitrogen and oxygen atoms in total. The molecule has 1 aromatic carbocycles. The molecule has 0 fully saturated rings. The molecule has 0 saturated heterocycles. The molecule has 0 bridgehead atoms. The summed E-state index contributed by atoms with van der Waals surface area (Å²) >= 11 is 0. The maximum atomic E-state index is 15.6. The first-order valence-corrected chi connectivity index (χ1v) is 11.5. The van der Waals surface area contributed by atoms with Crippen LogP contribution in [0, 0.1) is 17.5 Å². The number of benzene rings is 1. The van der Waals surface area contributed by atoms with E-state index < -0.39 is 60.7 Å². The van der Waals surface area contributed by atoms with E-state index in [2.05, 4.69) is 15.3 Å². The zero-order valence-corrected chi connectivity index (χ0v) is 19.3. The fourth-order valence-corrected chi connectivity index (χ4v) is 4.50. The molecular weight excluding hydrogens is 490 g/mol. The molecule has 2 aromatic heterocycles. The molecule has 3 heterocycles. The first kappa shape index (κ1) is 26.2. The predicted molar refractivity (Wildman–Crippen MR) is 121 cm³/mol. The van der Waals surface area contributed by atoms with Crippen LogP contribution in [0.1, 0.15) is 29.3 Å². The van der Waals surface area contributed by atoms with Gasteiger partial charge in [0.15, 0.2) is 5.82 Å². The lowest BCUT2D eigenvalue weighted by atomic mass is 9.91. The summed E-state index contributed by atoms with van der Waals surface area (Å²) in [6.07, 6.45) is 1.28. The number of fused-ring (bicyclic) bond motifs is 3. The zero-order valence-electron chi connectivity index (χ0n) is 19.3. The van der Waals surface area contributed by atoms with Crippen LogP contribution < -0.4 is 10.1 Å². The quantitative estimate of drug-likeness (QED) is 0.267. The summed E-state index contributed by atoms with van der Waals surface area (Å²) in [5.74, 6) is -6.77. The van der Waals surface area contributed by atoms with Gasteiger partial charge < -0.3 is 20.1 Å². The average Bonchev–Trinajstić information content (AvgIpc) is 3.21. The Morgan fingerprint density at radius 3 is 2.78 bits per heavy atom. The summed E-state index contributed by atoms with van der Waals surface area (Å²) in [5, 5.41) is 12.5. The lowest BCUT2D eigenvalue weighted by Crippen LogP contribution is -2.45. The van der Waals surface area contributed by atoms with Gasteiger partial charge in [-0.05, 0) is 43.1 Å². The van der Waals surface area contributed by atoms with Gasteiger partial charge >= 0.3 is 0 Å². The van der Waals surface area contributed by atoms with Crippen molar-refractivity contribution in [1.29, 1.82) is 0 Å². The van der Waals surface area contributed by atoms with Crippen molar-refractivity contribution >= 4 is 10.9 Å². The van der Waals surface area contributed by atoms with Gasteiger partial charge in [0, 0.05) is 29.7 Å². The highest BCUT2D eigenvalue weighted by Gasteiger charge is 2.41. The van der Waals surface area contributed by atoms with Crippen LogP contribution in [0.5, 0.6) is 5.88 Å². The smallest absolute Gasteiger partial charge is 0.283 e. The van der Waals surface area contributed by atoms with Gasteiger partial charge in [-0.3, -0.25) is 9.29 Å². The van der Waals surface area contributed by atoms with Crippen LogP contribution in [-0.4, -0.2) is 72.0 Å². The monoisotopic (exact) mass is 516 g/mol. The third-order valence-corrected chi connectivity index (χ3v) is 6.11. The van der Waals surface area contributed by atoms with E-state index in [4.69, 9.17) is 9.84 Å². The van der Waals surface area contributed by atoms with E-state index in [1.165, 1.54) is 23.1 Å². The van der Waals surface area contributed by atoms with Crippen LogP contribution in [-0.2, 0) is 6.42 Å². The molecule has 0 amide bonds. The number of pyridine rings is 1. The van der Waals surface area contributed by atoms with Crippen LogP contribution >= 0.6 is 0 Å². The number of alkyl halides is 3. The molecule has 1 unspecified atom stereocenters. The maximum absolute atomic E-state index is 15.6. The van der Waals surface area contributed by atoms with Crippen molar-refractivity contribution in [2.24, 2.45) is 0 Å². The van der Waals surface area contributed by atoms with Gasteiger partial charge in [-0.2, -0.15) is 0 Å². The molecule has 0 spiro atoms. The van der Waals surface area contributed by atoms with Gasteiger partial charge in [0.2, 0.25) is 0 Å². The summed E-state index contributed by atoms with van der Waals surface area (Å²) in [7, 11) is 0. The van der Waals surface area contributed by atoms with E-state index in [-0.39, 0.29) is 31.8 Å². The van der Waals surface area contributed by atoms with Gasteiger partial charge in [0.05, 0.1) is 31.0 Å². The SMILES string of the molecule is OCC(F)(F)CN1CCc2c([nH]c3ccc(F)cc23)C1c1c(F)cnc(OCCNCCCF)c1F. The predicted octanol–water partition coefficient (Wildman–Crippen LogP) is 3.88. The topological polar surface area (TPSA) is 73.4 Å². The van der Waals surface area contributed by atoms with Crippen molar-refractivity contribution < 1.29 is 36.2 Å². The van der Waals surface area contributed by atoms with Crippen molar-refractivity contribution in [3.05, 3.63) is 58.7 Å². The largest absolute Gasteiger partial charge is 0.474 e. The molecule has 1 aliphatic rings. The highest BCUT2D eigenvalue weighted by molar-refractivity contribution is 5.85. The summed E-state index contributed by atoms with van der Waals surface area (Å²) in [6, 6.07) is 2.63. The number of rotatable bonds is 11. The highest BCUT2D eigenvalue weighted by Crippen LogP contribution is 2.42. The molecular formula is C24H26F6N4O2. The Hall–Kier alpha value is -2.83. The number of aromatic amines is 1. The number of aliphatic hydroxyl groups excluding tert-OH is 1. The Morgan fingerprint density at radius 2 is 2.03 bits per heavy atom. The third-order valence-electron chi connectivity index (χ3n) is 6.11. The lowest BCUT2D eigenvalue weighted by molar-refractivity contribution is -0.0792. The number of hydrogen-bond donors (Lipinski definition) is 3. The lowest BCUT2D eigenvalue weighted by Gasteiger charge is -2.37. The normalized spacial score (nSPS) is 16.5. The Morgan fingerprint density at radius 1 is 1.22 bits per heavy atom. The Bertz CT molecular complexity index is 1210. The Kier molecular flexibility index (Phi) is 8.06. The van der Waals surface area contributed by atoms with E-state index in [9.17, 15) is 17.6 Å². The molecule has 3 aromatic rings. The van der Waals surface area contributed by atoms with Gasteiger partial charge in [0.1, 0.15) is 24.8 Å². The number of nitrogens with one attached hydrogen (secondary N) is 2. The van der Waals surface area contributed by atoms with E-state index in [1.807, 2.05) is 0 Å². The highest BCUT2D eigenvalue weighted by atomic mass is 19.3. The Balaban J connectivity index is 1.73. The number of aliphatic hydroxyl groups is 1. The minimum Gasteiger partial charge on any atom is -0.474 e. The van der Waals surface area contributed by atoms with E-state index >= 15 is 8.78 Å². The molecule has 196 valence electrons. The van der Waals surface area contributed by atoms with Crippen molar-refractivity contribution in [2.75, 3.05) is 46.1 Å². The molecule has 1 atom stereocenters. The molecule has 0 radical (unpaired) electrons. The molecule has 4 rings (SSSR count). The fourth-order valence-electron chi connectivity index (χ4n) is 4.50.